The van der Waals surface area contributed by atoms with E-state index in [1.807, 2.05) is 13.8 Å². The van der Waals surface area contributed by atoms with Crippen LogP contribution in [0.2, 0.25) is 0 Å². The highest BCUT2D eigenvalue weighted by Crippen LogP contribution is 2.32. The number of aromatic nitrogens is 3. The first kappa shape index (κ1) is 23.7. The van der Waals surface area contributed by atoms with Gasteiger partial charge in [-0.25, -0.2) is 19.7 Å². The van der Waals surface area contributed by atoms with Gasteiger partial charge in [0.15, 0.2) is 0 Å². The molecule has 0 spiro atoms. The van der Waals surface area contributed by atoms with Crippen molar-refractivity contribution in [1.82, 2.24) is 19.9 Å². The number of anilines is 1. The van der Waals surface area contributed by atoms with Crippen LogP contribution in [0.25, 0.3) is 22.4 Å². The number of aryl methyl sites for hydroxylation is 2. The summed E-state index contributed by atoms with van der Waals surface area (Å²) in [5, 5.41) is 3.49. The average molecular weight is 450 g/mol. The fourth-order valence-corrected chi connectivity index (χ4v) is 3.11. The maximum atomic E-state index is 12.8. The predicted octanol–water partition coefficient (Wildman–Crippen LogP) is 4.08. The standard InChI is InChI=1S/C24H27N5O4/c1-9-17-10-16(20-19-13(2)15(4)32-22(19)26-12-25-20)11-18(27-17)28-21(30)14(3)29(8)23(31)33-24(5,6)7/h1,10-12,14H,2-8H3,(H,27,28,30). The highest BCUT2D eigenvalue weighted by Gasteiger charge is 2.27. The van der Waals surface area contributed by atoms with E-state index < -0.39 is 23.6 Å². The van der Waals surface area contributed by atoms with E-state index in [2.05, 4.69) is 26.2 Å². The summed E-state index contributed by atoms with van der Waals surface area (Å²) in [6.07, 6.45) is 6.41. The Bertz CT molecular complexity index is 1270. The molecule has 1 N–H and O–H groups in total. The molecule has 3 heterocycles. The molecule has 0 fully saturated rings. The Labute approximate surface area is 192 Å². The minimum Gasteiger partial charge on any atom is -0.444 e. The zero-order valence-corrected chi connectivity index (χ0v) is 19.8. The topological polar surface area (TPSA) is 110 Å². The summed E-state index contributed by atoms with van der Waals surface area (Å²) in [4.78, 5) is 39.3. The Morgan fingerprint density at radius 1 is 1.24 bits per heavy atom. The molecule has 3 aromatic rings. The molecule has 2 amide bonds. The second kappa shape index (κ2) is 8.90. The molecule has 0 bridgehead atoms. The van der Waals surface area contributed by atoms with Crippen LogP contribution in [0.4, 0.5) is 10.6 Å². The van der Waals surface area contributed by atoms with Crippen LogP contribution in [-0.2, 0) is 9.53 Å². The Kier molecular flexibility index (Phi) is 6.40. The second-order valence-corrected chi connectivity index (χ2v) is 8.71. The molecule has 33 heavy (non-hydrogen) atoms. The maximum absolute atomic E-state index is 12.8. The summed E-state index contributed by atoms with van der Waals surface area (Å²) < 4.78 is 11.0. The van der Waals surface area contributed by atoms with E-state index in [-0.39, 0.29) is 5.82 Å². The number of pyridine rings is 1. The van der Waals surface area contributed by atoms with Crippen molar-refractivity contribution in [2.24, 2.45) is 0 Å². The first-order valence-corrected chi connectivity index (χ1v) is 10.4. The van der Waals surface area contributed by atoms with Gasteiger partial charge in [0.05, 0.1) is 11.1 Å². The van der Waals surface area contributed by atoms with Crippen molar-refractivity contribution in [2.45, 2.75) is 53.2 Å². The van der Waals surface area contributed by atoms with Gasteiger partial charge >= 0.3 is 6.09 Å². The monoisotopic (exact) mass is 449 g/mol. The number of carbonyl (C=O) groups excluding carboxylic acids is 2. The van der Waals surface area contributed by atoms with Crippen molar-refractivity contribution in [3.8, 4) is 23.6 Å². The summed E-state index contributed by atoms with van der Waals surface area (Å²) in [5.74, 6) is 3.03. The van der Waals surface area contributed by atoms with Crippen molar-refractivity contribution in [1.29, 1.82) is 0 Å². The SMILES string of the molecule is C#Cc1cc(-c2ncnc3oc(C)c(C)c23)cc(NC(=O)C(C)N(C)C(=O)OC(C)(C)C)n1. The number of ether oxygens (including phenoxy) is 1. The van der Waals surface area contributed by atoms with Crippen LogP contribution in [0.15, 0.2) is 22.9 Å². The third-order valence-electron chi connectivity index (χ3n) is 5.11. The molecule has 0 saturated heterocycles. The van der Waals surface area contributed by atoms with Crippen LogP contribution in [0.5, 0.6) is 0 Å². The number of hydrogen-bond donors (Lipinski definition) is 1. The van der Waals surface area contributed by atoms with Gasteiger partial charge in [0.25, 0.3) is 0 Å². The van der Waals surface area contributed by atoms with E-state index in [0.29, 0.717) is 22.7 Å². The quantitative estimate of drug-likeness (QED) is 0.598. The molecule has 0 aliphatic heterocycles. The van der Waals surface area contributed by atoms with Crippen molar-refractivity contribution in [3.05, 3.63) is 35.5 Å². The number of likely N-dealkylation sites (N-methyl/N-ethyl adjacent to an activating group) is 1. The number of fused-ring (bicyclic) bond motifs is 1. The smallest absolute Gasteiger partial charge is 0.410 e. The molecular formula is C24H27N5O4. The Morgan fingerprint density at radius 3 is 2.58 bits per heavy atom. The minimum atomic E-state index is -0.816. The molecule has 0 aliphatic carbocycles. The van der Waals surface area contributed by atoms with Gasteiger partial charge in [-0.15, -0.1) is 6.42 Å². The number of nitrogens with zero attached hydrogens (tertiary/aromatic N) is 4. The number of terminal acetylenes is 1. The molecule has 3 rings (SSSR count). The lowest BCUT2D eigenvalue weighted by Gasteiger charge is -2.28. The van der Waals surface area contributed by atoms with Crippen molar-refractivity contribution in [2.75, 3.05) is 12.4 Å². The van der Waals surface area contributed by atoms with Crippen LogP contribution in [0, 0.1) is 26.2 Å². The van der Waals surface area contributed by atoms with E-state index in [1.54, 1.807) is 39.8 Å². The van der Waals surface area contributed by atoms with Crippen LogP contribution in [0.1, 0.15) is 44.7 Å². The van der Waals surface area contributed by atoms with Crippen molar-refractivity contribution < 1.29 is 18.7 Å². The number of hydrogen-bond acceptors (Lipinski definition) is 7. The van der Waals surface area contributed by atoms with Crippen LogP contribution >= 0.6 is 0 Å². The Morgan fingerprint density at radius 2 is 1.94 bits per heavy atom. The minimum absolute atomic E-state index is 0.236. The van der Waals surface area contributed by atoms with Crippen LogP contribution in [-0.4, -0.2) is 50.5 Å². The molecule has 1 unspecified atom stereocenters. The zero-order chi connectivity index (χ0) is 24.5. The number of amides is 2. The summed E-state index contributed by atoms with van der Waals surface area (Å²) in [7, 11) is 1.50. The number of rotatable bonds is 4. The second-order valence-electron chi connectivity index (χ2n) is 8.71. The Hall–Kier alpha value is -3.93. The Balaban J connectivity index is 1.92. The molecular weight excluding hydrogens is 422 g/mol. The lowest BCUT2D eigenvalue weighted by Crippen LogP contribution is -2.45. The van der Waals surface area contributed by atoms with Gasteiger partial charge in [-0.3, -0.25) is 9.69 Å². The molecule has 3 aromatic heterocycles. The highest BCUT2D eigenvalue weighted by atomic mass is 16.6. The molecule has 0 saturated carbocycles. The maximum Gasteiger partial charge on any atom is 0.410 e. The van der Waals surface area contributed by atoms with E-state index >= 15 is 0 Å². The van der Waals surface area contributed by atoms with Gasteiger partial charge in [0.2, 0.25) is 11.6 Å². The molecule has 9 heteroatoms. The number of nitrogens with one attached hydrogen (secondary N) is 1. The van der Waals surface area contributed by atoms with Crippen molar-refractivity contribution >= 4 is 28.9 Å². The van der Waals surface area contributed by atoms with Crippen LogP contribution in [0.3, 0.4) is 0 Å². The third kappa shape index (κ3) is 5.12. The molecule has 0 aliphatic rings. The first-order chi connectivity index (χ1) is 15.4. The summed E-state index contributed by atoms with van der Waals surface area (Å²) in [5.41, 5.74) is 2.29. The summed E-state index contributed by atoms with van der Waals surface area (Å²) in [6.45, 7) is 10.6. The first-order valence-electron chi connectivity index (χ1n) is 10.4. The summed E-state index contributed by atoms with van der Waals surface area (Å²) in [6, 6.07) is 2.56. The van der Waals surface area contributed by atoms with Crippen molar-refractivity contribution in [3.63, 3.8) is 0 Å². The van der Waals surface area contributed by atoms with E-state index in [0.717, 1.165) is 16.7 Å². The van der Waals surface area contributed by atoms with Gasteiger partial charge in [0.1, 0.15) is 35.2 Å². The van der Waals surface area contributed by atoms with E-state index in [9.17, 15) is 9.59 Å². The fraction of sp³-hybridized carbons (Fsp3) is 0.375. The van der Waals surface area contributed by atoms with E-state index in [1.165, 1.54) is 18.3 Å². The largest absolute Gasteiger partial charge is 0.444 e. The number of carbonyl (C=O) groups is 2. The summed E-state index contributed by atoms with van der Waals surface area (Å²) >= 11 is 0. The fourth-order valence-electron chi connectivity index (χ4n) is 3.11. The number of furan rings is 1. The molecule has 9 nitrogen and oxygen atoms in total. The van der Waals surface area contributed by atoms with E-state index in [4.69, 9.17) is 15.6 Å². The van der Waals surface area contributed by atoms with Crippen LogP contribution < -0.4 is 5.32 Å². The van der Waals surface area contributed by atoms with Gasteiger partial charge in [-0.05, 0) is 53.7 Å². The predicted molar refractivity (Wildman–Crippen MR) is 125 cm³/mol. The molecule has 172 valence electrons. The van der Waals surface area contributed by atoms with Gasteiger partial charge in [-0.1, -0.05) is 5.92 Å². The lowest BCUT2D eigenvalue weighted by atomic mass is 10.1. The molecule has 0 radical (unpaired) electrons. The normalized spacial score (nSPS) is 12.2. The zero-order valence-electron chi connectivity index (χ0n) is 19.8. The third-order valence-corrected chi connectivity index (χ3v) is 5.11. The average Bonchev–Trinajstić information content (AvgIpc) is 3.04. The van der Waals surface area contributed by atoms with Gasteiger partial charge in [0, 0.05) is 18.2 Å². The molecule has 0 aromatic carbocycles. The van der Waals surface area contributed by atoms with Gasteiger partial charge in [-0.2, -0.15) is 0 Å². The lowest BCUT2D eigenvalue weighted by molar-refractivity contribution is -0.120. The van der Waals surface area contributed by atoms with Gasteiger partial charge < -0.3 is 14.5 Å². The highest BCUT2D eigenvalue weighted by molar-refractivity contribution is 5.97. The molecule has 1 atom stereocenters.